The molecule has 2 aromatic carbocycles. The Labute approximate surface area is 175 Å². The number of benzene rings is 2. The average molecular weight is 407 g/mol. The van der Waals surface area contributed by atoms with Crippen molar-refractivity contribution in [2.24, 2.45) is 5.92 Å². The molecule has 2 N–H and O–H groups in total. The van der Waals surface area contributed by atoms with Crippen LogP contribution in [0.1, 0.15) is 24.0 Å². The minimum Gasteiger partial charge on any atom is -0.454 e. The van der Waals surface area contributed by atoms with Gasteiger partial charge in [0.15, 0.2) is 11.5 Å². The van der Waals surface area contributed by atoms with E-state index in [0.29, 0.717) is 43.1 Å². The standard InChI is InChI=1S/C23H25N3O4/c27-22(25-18-5-6-20-21(12-18)30-14-29-20)15-7-9-26(10-8-15)23(28)19-11-16-3-1-2-4-17(16)13-24-19/h1-6,12,15,19,24H,7-11,13-14H2,(H,25,27)/t19-/m1/s1. The van der Waals surface area contributed by atoms with E-state index in [2.05, 4.69) is 22.8 Å². The third-order valence-corrected chi connectivity index (χ3v) is 6.20. The SMILES string of the molecule is O=C(Nc1ccc2c(c1)OCO2)C1CCN(C(=O)[C@H]2Cc3ccccc3CN2)CC1. The molecule has 2 amide bonds. The number of hydrogen-bond acceptors (Lipinski definition) is 5. The molecule has 0 radical (unpaired) electrons. The Kier molecular flexibility index (Phi) is 5.04. The van der Waals surface area contributed by atoms with Crippen molar-refractivity contribution in [3.63, 3.8) is 0 Å². The number of ether oxygens (including phenoxy) is 2. The highest BCUT2D eigenvalue weighted by molar-refractivity contribution is 5.93. The van der Waals surface area contributed by atoms with Gasteiger partial charge in [-0.3, -0.25) is 9.59 Å². The van der Waals surface area contributed by atoms with Crippen molar-refractivity contribution in [2.75, 3.05) is 25.2 Å². The highest BCUT2D eigenvalue weighted by Crippen LogP contribution is 2.34. The number of carbonyl (C=O) groups excluding carboxylic acids is 2. The molecule has 2 aromatic rings. The van der Waals surface area contributed by atoms with Crippen LogP contribution in [0.5, 0.6) is 11.5 Å². The van der Waals surface area contributed by atoms with E-state index < -0.39 is 0 Å². The number of nitrogens with zero attached hydrogens (tertiary/aromatic N) is 1. The first-order valence-electron chi connectivity index (χ1n) is 10.5. The fraction of sp³-hybridized carbons (Fsp3) is 0.391. The normalized spacial score (nSPS) is 20.5. The van der Waals surface area contributed by atoms with Gasteiger partial charge in [0, 0.05) is 37.3 Å². The number of likely N-dealkylation sites (tertiary alicyclic amines) is 1. The maximum absolute atomic E-state index is 13.0. The lowest BCUT2D eigenvalue weighted by atomic mass is 9.92. The molecule has 3 aliphatic heterocycles. The Morgan fingerprint density at radius 3 is 2.60 bits per heavy atom. The molecular formula is C23H25N3O4. The Hall–Kier alpha value is -3.06. The topological polar surface area (TPSA) is 79.9 Å². The van der Waals surface area contributed by atoms with E-state index in [9.17, 15) is 9.59 Å². The number of fused-ring (bicyclic) bond motifs is 2. The van der Waals surface area contributed by atoms with Crippen molar-refractivity contribution in [1.82, 2.24) is 10.2 Å². The van der Waals surface area contributed by atoms with Crippen molar-refractivity contribution in [3.05, 3.63) is 53.6 Å². The van der Waals surface area contributed by atoms with Gasteiger partial charge < -0.3 is 25.0 Å². The number of hydrogen-bond donors (Lipinski definition) is 2. The molecule has 5 rings (SSSR count). The maximum atomic E-state index is 13.0. The monoisotopic (exact) mass is 407 g/mol. The van der Waals surface area contributed by atoms with Gasteiger partial charge in [-0.2, -0.15) is 0 Å². The number of rotatable bonds is 3. The number of nitrogens with one attached hydrogen (secondary N) is 2. The smallest absolute Gasteiger partial charge is 0.240 e. The van der Waals surface area contributed by atoms with Crippen molar-refractivity contribution in [3.8, 4) is 11.5 Å². The minimum absolute atomic E-state index is 0.00863. The van der Waals surface area contributed by atoms with Gasteiger partial charge in [-0.25, -0.2) is 0 Å². The van der Waals surface area contributed by atoms with Crippen LogP contribution in [0.4, 0.5) is 5.69 Å². The van der Waals surface area contributed by atoms with Crippen molar-refractivity contribution < 1.29 is 19.1 Å². The van der Waals surface area contributed by atoms with E-state index in [1.807, 2.05) is 23.1 Å². The second-order valence-corrected chi connectivity index (χ2v) is 8.06. The van der Waals surface area contributed by atoms with E-state index in [1.165, 1.54) is 11.1 Å². The number of carbonyl (C=O) groups is 2. The second-order valence-electron chi connectivity index (χ2n) is 8.06. The first kappa shape index (κ1) is 18.9. The molecule has 7 nitrogen and oxygen atoms in total. The second kappa shape index (κ2) is 7.99. The Morgan fingerprint density at radius 2 is 1.77 bits per heavy atom. The number of amides is 2. The van der Waals surface area contributed by atoms with Gasteiger partial charge in [0.05, 0.1) is 6.04 Å². The maximum Gasteiger partial charge on any atom is 0.240 e. The molecule has 0 saturated carbocycles. The van der Waals surface area contributed by atoms with Gasteiger partial charge in [-0.15, -0.1) is 0 Å². The molecule has 3 heterocycles. The average Bonchev–Trinajstić information content (AvgIpc) is 3.26. The van der Waals surface area contributed by atoms with E-state index in [-0.39, 0.29) is 30.6 Å². The molecule has 0 unspecified atom stereocenters. The van der Waals surface area contributed by atoms with Crippen LogP contribution in [-0.4, -0.2) is 42.6 Å². The predicted octanol–water partition coefficient (Wildman–Crippen LogP) is 2.31. The first-order valence-corrected chi connectivity index (χ1v) is 10.5. The van der Waals surface area contributed by atoms with Crippen LogP contribution in [0.15, 0.2) is 42.5 Å². The zero-order valence-electron chi connectivity index (χ0n) is 16.7. The van der Waals surface area contributed by atoms with Crippen LogP contribution in [0, 0.1) is 5.92 Å². The van der Waals surface area contributed by atoms with Crippen LogP contribution < -0.4 is 20.1 Å². The van der Waals surface area contributed by atoms with Crippen molar-refractivity contribution in [2.45, 2.75) is 31.8 Å². The van der Waals surface area contributed by atoms with Gasteiger partial charge in [0.2, 0.25) is 18.6 Å². The molecule has 3 aliphatic rings. The zero-order chi connectivity index (χ0) is 20.5. The van der Waals surface area contributed by atoms with Gasteiger partial charge >= 0.3 is 0 Å². The molecule has 7 heteroatoms. The minimum atomic E-state index is -0.182. The van der Waals surface area contributed by atoms with Crippen molar-refractivity contribution >= 4 is 17.5 Å². The summed E-state index contributed by atoms with van der Waals surface area (Å²) in [5.74, 6) is 1.37. The van der Waals surface area contributed by atoms with E-state index >= 15 is 0 Å². The predicted molar refractivity (Wildman–Crippen MR) is 111 cm³/mol. The molecule has 0 spiro atoms. The molecule has 0 bridgehead atoms. The molecular weight excluding hydrogens is 382 g/mol. The van der Waals surface area contributed by atoms with Gasteiger partial charge in [-0.1, -0.05) is 24.3 Å². The van der Waals surface area contributed by atoms with Crippen LogP contribution >= 0.6 is 0 Å². The van der Waals surface area contributed by atoms with Crippen molar-refractivity contribution in [1.29, 1.82) is 0 Å². The van der Waals surface area contributed by atoms with E-state index in [1.54, 1.807) is 12.1 Å². The summed E-state index contributed by atoms with van der Waals surface area (Å²) in [4.78, 5) is 27.6. The van der Waals surface area contributed by atoms with E-state index in [0.717, 1.165) is 13.0 Å². The molecule has 1 atom stereocenters. The van der Waals surface area contributed by atoms with Crippen LogP contribution in [-0.2, 0) is 22.6 Å². The molecule has 156 valence electrons. The largest absolute Gasteiger partial charge is 0.454 e. The third kappa shape index (κ3) is 3.73. The number of anilines is 1. The zero-order valence-corrected chi connectivity index (χ0v) is 16.7. The summed E-state index contributed by atoms with van der Waals surface area (Å²) in [5, 5.41) is 6.34. The lowest BCUT2D eigenvalue weighted by Crippen LogP contribution is -2.52. The highest BCUT2D eigenvalue weighted by Gasteiger charge is 2.32. The van der Waals surface area contributed by atoms with Crippen LogP contribution in [0.25, 0.3) is 0 Å². The molecule has 30 heavy (non-hydrogen) atoms. The molecule has 0 aliphatic carbocycles. The Bertz CT molecular complexity index is 969. The summed E-state index contributed by atoms with van der Waals surface area (Å²) in [5.41, 5.74) is 3.21. The van der Waals surface area contributed by atoms with Gasteiger partial charge in [0.1, 0.15) is 0 Å². The fourth-order valence-electron chi connectivity index (χ4n) is 4.43. The molecule has 1 fully saturated rings. The summed E-state index contributed by atoms with van der Waals surface area (Å²) < 4.78 is 10.7. The summed E-state index contributed by atoms with van der Waals surface area (Å²) in [7, 11) is 0. The van der Waals surface area contributed by atoms with Gasteiger partial charge in [-0.05, 0) is 42.5 Å². The first-order chi connectivity index (χ1) is 14.7. The fourth-order valence-corrected chi connectivity index (χ4v) is 4.43. The summed E-state index contributed by atoms with van der Waals surface area (Å²) in [6.07, 6.45) is 2.07. The van der Waals surface area contributed by atoms with Crippen LogP contribution in [0.3, 0.4) is 0 Å². The van der Waals surface area contributed by atoms with E-state index in [4.69, 9.17) is 9.47 Å². The summed E-state index contributed by atoms with van der Waals surface area (Å²) in [6, 6.07) is 13.5. The lowest BCUT2D eigenvalue weighted by molar-refractivity contribution is -0.136. The lowest BCUT2D eigenvalue weighted by Gasteiger charge is -2.35. The third-order valence-electron chi connectivity index (χ3n) is 6.20. The van der Waals surface area contributed by atoms with Gasteiger partial charge in [0.25, 0.3) is 0 Å². The number of piperidine rings is 1. The molecule has 0 aromatic heterocycles. The quantitative estimate of drug-likeness (QED) is 0.816. The Balaban J connectivity index is 1.14. The van der Waals surface area contributed by atoms with Crippen LogP contribution in [0.2, 0.25) is 0 Å². The molecule has 1 saturated heterocycles. The summed E-state index contributed by atoms with van der Waals surface area (Å²) in [6.45, 7) is 2.15. The Morgan fingerprint density at radius 1 is 1.00 bits per heavy atom. The highest BCUT2D eigenvalue weighted by atomic mass is 16.7. The summed E-state index contributed by atoms with van der Waals surface area (Å²) >= 11 is 0.